The normalized spacial score (nSPS) is 11.0. The first kappa shape index (κ1) is 24.7. The minimum Gasteiger partial charge on any atom is -0.493 e. The van der Waals surface area contributed by atoms with Gasteiger partial charge < -0.3 is 19.9 Å². The van der Waals surface area contributed by atoms with E-state index in [4.69, 9.17) is 4.74 Å². The van der Waals surface area contributed by atoms with Crippen molar-refractivity contribution in [3.8, 4) is 5.75 Å². The van der Waals surface area contributed by atoms with Crippen LogP contribution in [0.3, 0.4) is 0 Å². The van der Waals surface area contributed by atoms with Gasteiger partial charge in [-0.25, -0.2) is 4.98 Å². The fourth-order valence-corrected chi connectivity index (χ4v) is 3.09. The Bertz CT molecular complexity index is 939. The van der Waals surface area contributed by atoms with Crippen LogP contribution in [-0.4, -0.2) is 29.2 Å². The lowest BCUT2D eigenvalue weighted by Gasteiger charge is -2.15. The van der Waals surface area contributed by atoms with E-state index in [-0.39, 0.29) is 24.0 Å². The molecule has 0 unspecified atom stereocenters. The number of aliphatic imine (C=N–C) groups is 1. The zero-order valence-electron chi connectivity index (χ0n) is 18.5. The standard InChI is InChI=1S/C24H31N5O.HI/c1-4-13-30-23-14-19(2)5-10-22(23)16-28-24(25-3)27-15-20-6-8-21(9-7-20)17-29-12-11-26-18-29;/h5-12,14,18H,4,13,15-17H2,1-3H3,(H2,25,27,28);1H. The van der Waals surface area contributed by atoms with Crippen molar-refractivity contribution in [2.24, 2.45) is 4.99 Å². The maximum absolute atomic E-state index is 5.91. The third-order valence-electron chi connectivity index (χ3n) is 4.76. The van der Waals surface area contributed by atoms with Crippen molar-refractivity contribution in [3.05, 3.63) is 83.4 Å². The summed E-state index contributed by atoms with van der Waals surface area (Å²) in [4.78, 5) is 8.42. The lowest BCUT2D eigenvalue weighted by atomic mass is 10.1. The van der Waals surface area contributed by atoms with Crippen LogP contribution in [0.25, 0.3) is 0 Å². The summed E-state index contributed by atoms with van der Waals surface area (Å²) < 4.78 is 7.96. The predicted molar refractivity (Wildman–Crippen MR) is 137 cm³/mol. The average molecular weight is 533 g/mol. The highest BCUT2D eigenvalue weighted by Gasteiger charge is 2.06. The minimum atomic E-state index is 0. The molecule has 0 radical (unpaired) electrons. The quantitative estimate of drug-likeness (QED) is 0.242. The van der Waals surface area contributed by atoms with Crippen molar-refractivity contribution in [2.45, 2.75) is 39.9 Å². The lowest BCUT2D eigenvalue weighted by molar-refractivity contribution is 0.313. The van der Waals surface area contributed by atoms with Gasteiger partial charge in [-0.1, -0.05) is 43.3 Å². The Balaban J connectivity index is 0.00000341. The van der Waals surface area contributed by atoms with E-state index >= 15 is 0 Å². The number of halogens is 1. The fourth-order valence-electron chi connectivity index (χ4n) is 3.09. The van der Waals surface area contributed by atoms with Crippen molar-refractivity contribution in [1.82, 2.24) is 20.2 Å². The van der Waals surface area contributed by atoms with E-state index in [1.807, 2.05) is 12.5 Å². The highest BCUT2D eigenvalue weighted by Crippen LogP contribution is 2.20. The summed E-state index contributed by atoms with van der Waals surface area (Å²) in [5.41, 5.74) is 4.78. The molecule has 0 spiro atoms. The first-order valence-corrected chi connectivity index (χ1v) is 10.4. The van der Waals surface area contributed by atoms with Gasteiger partial charge in [0.15, 0.2) is 5.96 Å². The molecule has 166 valence electrons. The molecule has 3 aromatic rings. The van der Waals surface area contributed by atoms with Crippen LogP contribution in [-0.2, 0) is 19.6 Å². The molecule has 0 atom stereocenters. The monoisotopic (exact) mass is 533 g/mol. The Labute approximate surface area is 202 Å². The molecule has 0 aliphatic carbocycles. The molecule has 6 nitrogen and oxygen atoms in total. The van der Waals surface area contributed by atoms with Gasteiger partial charge in [0.2, 0.25) is 0 Å². The minimum absolute atomic E-state index is 0. The molecule has 1 heterocycles. The summed E-state index contributed by atoms with van der Waals surface area (Å²) in [6, 6.07) is 14.9. The fraction of sp³-hybridized carbons (Fsp3) is 0.333. The second kappa shape index (κ2) is 13.0. The summed E-state index contributed by atoms with van der Waals surface area (Å²) in [5, 5.41) is 6.76. The summed E-state index contributed by atoms with van der Waals surface area (Å²) in [7, 11) is 1.78. The molecule has 7 heteroatoms. The Hall–Kier alpha value is -2.55. The second-order valence-electron chi connectivity index (χ2n) is 7.29. The van der Waals surface area contributed by atoms with Gasteiger partial charge in [0, 0.05) is 44.6 Å². The third-order valence-corrected chi connectivity index (χ3v) is 4.76. The van der Waals surface area contributed by atoms with Crippen LogP contribution >= 0.6 is 24.0 Å². The number of nitrogens with zero attached hydrogens (tertiary/aromatic N) is 3. The van der Waals surface area contributed by atoms with Crippen LogP contribution in [0.4, 0.5) is 0 Å². The topological polar surface area (TPSA) is 63.5 Å². The van der Waals surface area contributed by atoms with Gasteiger partial charge in [-0.2, -0.15) is 0 Å². The first-order chi connectivity index (χ1) is 14.7. The van der Waals surface area contributed by atoms with E-state index in [1.165, 1.54) is 16.7 Å². The number of nitrogens with one attached hydrogen (secondary N) is 2. The molecule has 0 saturated heterocycles. The molecule has 3 rings (SSSR count). The summed E-state index contributed by atoms with van der Waals surface area (Å²) in [6.07, 6.45) is 6.59. The van der Waals surface area contributed by atoms with Crippen LogP contribution < -0.4 is 15.4 Å². The van der Waals surface area contributed by atoms with Crippen molar-refractivity contribution >= 4 is 29.9 Å². The summed E-state index contributed by atoms with van der Waals surface area (Å²) in [5.74, 6) is 1.70. The maximum atomic E-state index is 5.91. The third kappa shape index (κ3) is 7.90. The largest absolute Gasteiger partial charge is 0.493 e. The Morgan fingerprint density at radius 3 is 2.48 bits per heavy atom. The van der Waals surface area contributed by atoms with Crippen molar-refractivity contribution in [3.63, 3.8) is 0 Å². The van der Waals surface area contributed by atoms with Crippen LogP contribution in [0.5, 0.6) is 5.75 Å². The van der Waals surface area contributed by atoms with Crippen molar-refractivity contribution in [1.29, 1.82) is 0 Å². The zero-order valence-corrected chi connectivity index (χ0v) is 20.8. The number of imidazole rings is 1. The molecule has 0 amide bonds. The summed E-state index contributed by atoms with van der Waals surface area (Å²) >= 11 is 0. The molecule has 2 N–H and O–H groups in total. The van der Waals surface area contributed by atoms with E-state index in [0.29, 0.717) is 13.1 Å². The van der Waals surface area contributed by atoms with Crippen molar-refractivity contribution in [2.75, 3.05) is 13.7 Å². The van der Waals surface area contributed by atoms with E-state index in [2.05, 4.69) is 81.5 Å². The molecule has 0 bridgehead atoms. The van der Waals surface area contributed by atoms with E-state index in [1.54, 1.807) is 13.2 Å². The van der Waals surface area contributed by atoms with Crippen LogP contribution in [0.1, 0.15) is 35.6 Å². The summed E-state index contributed by atoms with van der Waals surface area (Å²) in [6.45, 7) is 7.11. The highest BCUT2D eigenvalue weighted by atomic mass is 127. The van der Waals surface area contributed by atoms with Gasteiger partial charge in [-0.15, -0.1) is 24.0 Å². The lowest BCUT2D eigenvalue weighted by Crippen LogP contribution is -2.36. The Morgan fingerprint density at radius 2 is 1.81 bits per heavy atom. The number of guanidine groups is 1. The smallest absolute Gasteiger partial charge is 0.191 e. The van der Waals surface area contributed by atoms with Gasteiger partial charge in [0.05, 0.1) is 12.9 Å². The van der Waals surface area contributed by atoms with Gasteiger partial charge in [0.1, 0.15) is 5.75 Å². The van der Waals surface area contributed by atoms with Gasteiger partial charge in [-0.3, -0.25) is 4.99 Å². The molecule has 0 fully saturated rings. The van der Waals surface area contributed by atoms with Crippen LogP contribution in [0.2, 0.25) is 0 Å². The SMILES string of the molecule is CCCOc1cc(C)ccc1CNC(=NC)NCc1ccc(Cn2ccnc2)cc1.I. The number of rotatable bonds is 9. The van der Waals surface area contributed by atoms with E-state index in [0.717, 1.165) is 36.8 Å². The molecular formula is C24H32IN5O. The van der Waals surface area contributed by atoms with E-state index < -0.39 is 0 Å². The molecule has 31 heavy (non-hydrogen) atoms. The molecular weight excluding hydrogens is 501 g/mol. The number of aromatic nitrogens is 2. The number of hydrogen-bond donors (Lipinski definition) is 2. The Morgan fingerprint density at radius 1 is 1.06 bits per heavy atom. The van der Waals surface area contributed by atoms with Crippen LogP contribution in [0.15, 0.2) is 66.2 Å². The molecule has 1 aromatic heterocycles. The number of benzene rings is 2. The zero-order chi connectivity index (χ0) is 21.2. The van der Waals surface area contributed by atoms with Crippen molar-refractivity contribution < 1.29 is 4.74 Å². The molecule has 0 aliphatic rings. The van der Waals surface area contributed by atoms with Crippen LogP contribution in [0, 0.1) is 6.92 Å². The molecule has 0 saturated carbocycles. The first-order valence-electron chi connectivity index (χ1n) is 10.4. The highest BCUT2D eigenvalue weighted by molar-refractivity contribution is 14.0. The molecule has 0 aliphatic heterocycles. The van der Waals surface area contributed by atoms with Gasteiger partial charge in [-0.05, 0) is 36.1 Å². The Kier molecular flexibility index (Phi) is 10.4. The predicted octanol–water partition coefficient (Wildman–Crippen LogP) is 4.51. The van der Waals surface area contributed by atoms with Gasteiger partial charge in [0.25, 0.3) is 0 Å². The number of aryl methyl sites for hydroxylation is 1. The maximum Gasteiger partial charge on any atom is 0.191 e. The number of ether oxygens (including phenoxy) is 1. The molecule has 2 aromatic carbocycles. The van der Waals surface area contributed by atoms with Gasteiger partial charge >= 0.3 is 0 Å². The van der Waals surface area contributed by atoms with E-state index in [9.17, 15) is 0 Å². The number of hydrogen-bond acceptors (Lipinski definition) is 3. The second-order valence-corrected chi connectivity index (χ2v) is 7.29. The average Bonchev–Trinajstić information content (AvgIpc) is 3.27.